The number of hydrogen-bond acceptors (Lipinski definition) is 4. The van der Waals surface area contributed by atoms with Crippen molar-refractivity contribution in [1.29, 1.82) is 0 Å². The molecule has 2 heterocycles. The molecule has 1 aromatic rings. The van der Waals surface area contributed by atoms with Crippen LogP contribution >= 0.6 is 11.6 Å². The Kier molecular flexibility index (Phi) is 6.74. The van der Waals surface area contributed by atoms with Crippen LogP contribution in [0.25, 0.3) is 0 Å². The normalized spacial score (nSPS) is 17.5. The summed E-state index contributed by atoms with van der Waals surface area (Å²) in [7, 11) is 0. The summed E-state index contributed by atoms with van der Waals surface area (Å²) in [4.78, 5) is 19.8. The van der Waals surface area contributed by atoms with E-state index in [9.17, 15) is 18.0 Å². The molecule has 5 nitrogen and oxygen atoms in total. The van der Waals surface area contributed by atoms with Gasteiger partial charge in [0.15, 0.2) is 0 Å². The molecule has 1 aliphatic heterocycles. The summed E-state index contributed by atoms with van der Waals surface area (Å²) >= 11 is 5.99. The summed E-state index contributed by atoms with van der Waals surface area (Å²) in [6.07, 6.45) is -3.66. The molecule has 1 amide bonds. The smallest absolute Gasteiger partial charge is 0.353 e. The number of pyridine rings is 1. The van der Waals surface area contributed by atoms with Gasteiger partial charge < -0.3 is 10.2 Å². The molecule has 2 rings (SSSR count). The first-order chi connectivity index (χ1) is 12.1. The second-order valence-electron chi connectivity index (χ2n) is 6.89. The zero-order valence-corrected chi connectivity index (χ0v) is 15.9. The summed E-state index contributed by atoms with van der Waals surface area (Å²) in [6, 6.07) is 1.01. The molecule has 0 radical (unpaired) electrons. The molecule has 1 aliphatic rings. The van der Waals surface area contributed by atoms with Crippen molar-refractivity contribution in [3.8, 4) is 0 Å². The first-order valence-corrected chi connectivity index (χ1v) is 8.95. The Balaban J connectivity index is 1.89. The van der Waals surface area contributed by atoms with Crippen molar-refractivity contribution in [1.82, 2.24) is 15.2 Å². The SMILES string of the molecule is CC(C)[C@@H](C)NC(=O)CN1CCN(c2ncc(C(F)(F)F)cc2Cl)CC1. The summed E-state index contributed by atoms with van der Waals surface area (Å²) in [5.74, 6) is 0.686. The highest BCUT2D eigenvalue weighted by Gasteiger charge is 2.32. The van der Waals surface area contributed by atoms with Crippen LogP contribution in [-0.4, -0.2) is 54.6 Å². The van der Waals surface area contributed by atoms with Crippen LogP contribution in [0.1, 0.15) is 26.3 Å². The monoisotopic (exact) mass is 392 g/mol. The highest BCUT2D eigenvalue weighted by atomic mass is 35.5. The molecule has 26 heavy (non-hydrogen) atoms. The zero-order valence-electron chi connectivity index (χ0n) is 15.1. The van der Waals surface area contributed by atoms with Crippen molar-refractivity contribution in [3.05, 3.63) is 22.8 Å². The van der Waals surface area contributed by atoms with E-state index in [1.54, 1.807) is 0 Å². The molecular formula is C17H24ClF3N4O. The van der Waals surface area contributed by atoms with Crippen LogP contribution in [-0.2, 0) is 11.0 Å². The number of amides is 1. The summed E-state index contributed by atoms with van der Waals surface area (Å²) in [5.41, 5.74) is -0.860. The number of anilines is 1. The number of nitrogens with zero attached hydrogens (tertiary/aromatic N) is 3. The van der Waals surface area contributed by atoms with Crippen LogP contribution in [0.2, 0.25) is 5.02 Å². The second-order valence-corrected chi connectivity index (χ2v) is 7.30. The van der Waals surface area contributed by atoms with E-state index in [2.05, 4.69) is 10.3 Å². The van der Waals surface area contributed by atoms with Crippen molar-refractivity contribution >= 4 is 23.3 Å². The highest BCUT2D eigenvalue weighted by Crippen LogP contribution is 2.33. The van der Waals surface area contributed by atoms with E-state index in [-0.39, 0.29) is 17.0 Å². The molecule has 0 aromatic carbocycles. The van der Waals surface area contributed by atoms with Gasteiger partial charge in [0.1, 0.15) is 5.82 Å². The molecule has 0 aliphatic carbocycles. The van der Waals surface area contributed by atoms with E-state index in [4.69, 9.17) is 11.6 Å². The van der Waals surface area contributed by atoms with Gasteiger partial charge in [-0.3, -0.25) is 9.69 Å². The van der Waals surface area contributed by atoms with Gasteiger partial charge in [-0.15, -0.1) is 0 Å². The number of carbonyl (C=O) groups excluding carboxylic acids is 1. The third-order valence-electron chi connectivity index (χ3n) is 4.58. The molecule has 1 atom stereocenters. The minimum atomic E-state index is -4.46. The second kappa shape index (κ2) is 8.43. The summed E-state index contributed by atoms with van der Waals surface area (Å²) < 4.78 is 38.1. The number of halogens is 4. The lowest BCUT2D eigenvalue weighted by molar-refractivity contribution is -0.137. The van der Waals surface area contributed by atoms with Gasteiger partial charge >= 0.3 is 6.18 Å². The van der Waals surface area contributed by atoms with Crippen LogP contribution < -0.4 is 10.2 Å². The Labute approximate surface area is 156 Å². The van der Waals surface area contributed by atoms with E-state index >= 15 is 0 Å². The number of alkyl halides is 3. The number of hydrogen-bond donors (Lipinski definition) is 1. The van der Waals surface area contributed by atoms with Crippen LogP contribution in [0.5, 0.6) is 0 Å². The van der Waals surface area contributed by atoms with Crippen molar-refractivity contribution in [2.75, 3.05) is 37.6 Å². The van der Waals surface area contributed by atoms with E-state index in [0.717, 1.165) is 12.3 Å². The van der Waals surface area contributed by atoms with Gasteiger partial charge in [-0.25, -0.2) is 4.98 Å². The van der Waals surface area contributed by atoms with Gasteiger partial charge in [0.2, 0.25) is 5.91 Å². The van der Waals surface area contributed by atoms with Gasteiger partial charge in [0.25, 0.3) is 0 Å². The first kappa shape index (κ1) is 20.8. The molecule has 1 aromatic heterocycles. The molecule has 0 spiro atoms. The lowest BCUT2D eigenvalue weighted by Crippen LogP contribution is -2.51. The van der Waals surface area contributed by atoms with E-state index < -0.39 is 11.7 Å². The molecule has 0 saturated carbocycles. The Morgan fingerprint density at radius 3 is 2.38 bits per heavy atom. The first-order valence-electron chi connectivity index (χ1n) is 8.57. The molecular weight excluding hydrogens is 369 g/mol. The average Bonchev–Trinajstić information content (AvgIpc) is 2.54. The minimum Gasteiger partial charge on any atom is -0.353 e. The molecule has 0 bridgehead atoms. The number of carbonyl (C=O) groups is 1. The zero-order chi connectivity index (χ0) is 19.5. The fraction of sp³-hybridized carbons (Fsp3) is 0.647. The molecule has 1 N–H and O–H groups in total. The predicted molar refractivity (Wildman–Crippen MR) is 95.3 cm³/mol. The quantitative estimate of drug-likeness (QED) is 0.836. The molecule has 9 heteroatoms. The van der Waals surface area contributed by atoms with Gasteiger partial charge in [0, 0.05) is 38.4 Å². The largest absolute Gasteiger partial charge is 0.417 e. The Morgan fingerprint density at radius 2 is 1.88 bits per heavy atom. The van der Waals surface area contributed by atoms with E-state index in [0.29, 0.717) is 44.5 Å². The Bertz CT molecular complexity index is 631. The Hall–Kier alpha value is -1.54. The van der Waals surface area contributed by atoms with Crippen LogP contribution in [0.15, 0.2) is 12.3 Å². The van der Waals surface area contributed by atoms with Gasteiger partial charge in [-0.1, -0.05) is 25.4 Å². The van der Waals surface area contributed by atoms with Gasteiger partial charge in [-0.05, 0) is 18.9 Å². The standard InChI is InChI=1S/C17H24ClF3N4O/c1-11(2)12(3)23-15(26)10-24-4-6-25(7-5-24)16-14(18)8-13(9-22-16)17(19,20)21/h8-9,11-12H,4-7,10H2,1-3H3,(H,23,26)/t12-/m1/s1. The number of rotatable bonds is 5. The van der Waals surface area contributed by atoms with Crippen molar-refractivity contribution < 1.29 is 18.0 Å². The van der Waals surface area contributed by atoms with Crippen molar-refractivity contribution in [2.24, 2.45) is 5.92 Å². The van der Waals surface area contributed by atoms with Crippen LogP contribution in [0, 0.1) is 5.92 Å². The van der Waals surface area contributed by atoms with Gasteiger partial charge in [0.05, 0.1) is 17.1 Å². The molecule has 146 valence electrons. The maximum absolute atomic E-state index is 12.7. The van der Waals surface area contributed by atoms with Crippen molar-refractivity contribution in [2.45, 2.75) is 33.0 Å². The van der Waals surface area contributed by atoms with Crippen molar-refractivity contribution in [3.63, 3.8) is 0 Å². The lowest BCUT2D eigenvalue weighted by atomic mass is 10.1. The highest BCUT2D eigenvalue weighted by molar-refractivity contribution is 6.33. The maximum atomic E-state index is 12.7. The summed E-state index contributed by atoms with van der Waals surface area (Å²) in [6.45, 7) is 8.69. The van der Waals surface area contributed by atoms with Gasteiger partial charge in [-0.2, -0.15) is 13.2 Å². The molecule has 0 unspecified atom stereocenters. The fourth-order valence-electron chi connectivity index (χ4n) is 2.61. The average molecular weight is 393 g/mol. The third-order valence-corrected chi connectivity index (χ3v) is 4.85. The number of aromatic nitrogens is 1. The number of piperazine rings is 1. The third kappa shape index (κ3) is 5.48. The Morgan fingerprint density at radius 1 is 1.27 bits per heavy atom. The molecule has 1 saturated heterocycles. The lowest BCUT2D eigenvalue weighted by Gasteiger charge is -2.35. The summed E-state index contributed by atoms with van der Waals surface area (Å²) in [5, 5.41) is 2.95. The van der Waals surface area contributed by atoms with E-state index in [1.807, 2.05) is 30.6 Å². The fourth-order valence-corrected chi connectivity index (χ4v) is 2.89. The van der Waals surface area contributed by atoms with E-state index in [1.165, 1.54) is 0 Å². The minimum absolute atomic E-state index is 0.0169. The topological polar surface area (TPSA) is 48.5 Å². The maximum Gasteiger partial charge on any atom is 0.417 e. The van der Waals surface area contributed by atoms with Crippen LogP contribution in [0.3, 0.4) is 0 Å². The van der Waals surface area contributed by atoms with Crippen LogP contribution in [0.4, 0.5) is 19.0 Å². The predicted octanol–water partition coefficient (Wildman–Crippen LogP) is 3.04. The molecule has 1 fully saturated rings. The number of nitrogens with one attached hydrogen (secondary N) is 1.